The predicted octanol–water partition coefficient (Wildman–Crippen LogP) is 9.13. The highest BCUT2D eigenvalue weighted by atomic mass is 32.2. The van der Waals surface area contributed by atoms with Gasteiger partial charge in [-0.3, -0.25) is 14.9 Å². The van der Waals surface area contributed by atoms with Crippen molar-refractivity contribution in [2.24, 2.45) is 0 Å². The fraction of sp³-hybridized carbons (Fsp3) is 0.833. The summed E-state index contributed by atoms with van der Waals surface area (Å²) in [5, 5.41) is 2.81. The number of ether oxygens (including phenoxy) is 2. The fourth-order valence-corrected chi connectivity index (χ4v) is 6.74. The van der Waals surface area contributed by atoms with Gasteiger partial charge in [0.1, 0.15) is 18.2 Å². The summed E-state index contributed by atoms with van der Waals surface area (Å²) in [5.74, 6) is 0.710. The molecule has 1 aliphatic rings. The van der Waals surface area contributed by atoms with Crippen LogP contribution in [0.2, 0.25) is 0 Å². The number of hydrogen-bond donors (Lipinski definition) is 2. The quantitative estimate of drug-likeness (QED) is 0.0533. The van der Waals surface area contributed by atoms with Gasteiger partial charge in [0.2, 0.25) is 18.0 Å². The molecule has 258 valence electrons. The number of rotatable bonds is 28. The van der Waals surface area contributed by atoms with Gasteiger partial charge in [0.15, 0.2) is 0 Å². The number of anilines is 1. The lowest BCUT2D eigenvalue weighted by molar-refractivity contribution is -0.770. The SMILES string of the molecule is CCCCCCCCCCCCCC(=O)Nc1cc[n+]([C@@H]2CS[C@H](COC(=O)CCCCCCCCCCCCC)O2)c(=O)[nH]1. The molecule has 1 fully saturated rings. The number of amides is 1. The van der Waals surface area contributed by atoms with E-state index in [4.69, 9.17) is 9.47 Å². The number of nitrogens with one attached hydrogen (secondary N) is 2. The summed E-state index contributed by atoms with van der Waals surface area (Å²) >= 11 is 1.53. The standard InChI is InChI=1S/C36H63N3O5S/c1-3-5-7-9-11-13-15-17-19-21-23-25-32(40)37-31-27-28-39(36(42)38-31)33-30-45-35(44-33)29-43-34(41)26-24-22-20-18-16-14-12-10-8-6-4-2/h27-28,33,35H,3-26,29-30H2,1-2H3,(H,37,38,40,42)/p+1/t33-,35+/m0/s1. The maximum absolute atomic E-state index is 12.7. The molecule has 2 N–H and O–H groups in total. The molecule has 45 heavy (non-hydrogen) atoms. The van der Waals surface area contributed by atoms with Crippen molar-refractivity contribution in [1.82, 2.24) is 4.98 Å². The molecule has 8 nitrogen and oxygen atoms in total. The molecular formula is C36H64N3O5S+. The van der Waals surface area contributed by atoms with Gasteiger partial charge in [0.25, 0.3) is 0 Å². The molecular weight excluding hydrogens is 586 g/mol. The normalized spacial score (nSPS) is 16.2. The van der Waals surface area contributed by atoms with Crippen molar-refractivity contribution in [2.75, 3.05) is 17.7 Å². The minimum absolute atomic E-state index is 0.0814. The Bertz CT molecular complexity index is 972. The highest BCUT2D eigenvalue weighted by Gasteiger charge is 2.32. The van der Waals surface area contributed by atoms with Gasteiger partial charge in [0.05, 0.1) is 5.75 Å². The number of aromatic nitrogens is 2. The fourth-order valence-electron chi connectivity index (χ4n) is 5.75. The third-order valence-electron chi connectivity index (χ3n) is 8.57. The Balaban J connectivity index is 1.52. The van der Waals surface area contributed by atoms with Crippen molar-refractivity contribution in [3.63, 3.8) is 0 Å². The van der Waals surface area contributed by atoms with Crippen LogP contribution in [0.4, 0.5) is 5.82 Å². The van der Waals surface area contributed by atoms with Crippen molar-refractivity contribution >= 4 is 29.5 Å². The Morgan fingerprint density at radius 3 is 1.80 bits per heavy atom. The number of hydrogen-bond acceptors (Lipinski definition) is 6. The summed E-state index contributed by atoms with van der Waals surface area (Å²) in [6.45, 7) is 4.68. The smallest absolute Gasteiger partial charge is 0.462 e. The number of esters is 1. The molecule has 1 aromatic heterocycles. The number of H-pyrrole nitrogens is 1. The molecule has 2 atom stereocenters. The molecule has 9 heteroatoms. The average molecular weight is 651 g/mol. The first-order valence-corrected chi connectivity index (χ1v) is 19.4. The van der Waals surface area contributed by atoms with Crippen LogP contribution in [0.5, 0.6) is 0 Å². The van der Waals surface area contributed by atoms with E-state index < -0.39 is 6.23 Å². The van der Waals surface area contributed by atoms with Crippen LogP contribution in [0.25, 0.3) is 0 Å². The molecule has 1 amide bonds. The van der Waals surface area contributed by atoms with E-state index in [-0.39, 0.29) is 29.6 Å². The molecule has 0 bridgehead atoms. The van der Waals surface area contributed by atoms with E-state index in [2.05, 4.69) is 24.1 Å². The Hall–Kier alpha value is -1.87. The van der Waals surface area contributed by atoms with Crippen LogP contribution in [0.1, 0.15) is 174 Å². The van der Waals surface area contributed by atoms with Crippen LogP contribution < -0.4 is 15.6 Å². The Morgan fingerprint density at radius 2 is 1.29 bits per heavy atom. The number of thioether (sulfide) groups is 1. The van der Waals surface area contributed by atoms with E-state index in [9.17, 15) is 14.4 Å². The molecule has 0 aliphatic carbocycles. The first-order chi connectivity index (χ1) is 22.0. The van der Waals surface area contributed by atoms with Gasteiger partial charge < -0.3 is 9.47 Å². The second-order valence-electron chi connectivity index (χ2n) is 12.7. The molecule has 0 spiro atoms. The van der Waals surface area contributed by atoms with E-state index in [0.717, 1.165) is 25.7 Å². The highest BCUT2D eigenvalue weighted by Crippen LogP contribution is 2.28. The van der Waals surface area contributed by atoms with Crippen LogP contribution >= 0.6 is 11.8 Å². The summed E-state index contributed by atoms with van der Waals surface area (Å²) in [5.41, 5.74) is -0.643. The van der Waals surface area contributed by atoms with Crippen LogP contribution in [0.15, 0.2) is 17.1 Å². The Labute approximate surface area is 277 Å². The summed E-state index contributed by atoms with van der Waals surface area (Å²) in [7, 11) is 0. The monoisotopic (exact) mass is 650 g/mol. The topological polar surface area (TPSA) is 101 Å². The van der Waals surface area contributed by atoms with Gasteiger partial charge >= 0.3 is 11.7 Å². The molecule has 0 saturated carbocycles. The number of unbranched alkanes of at least 4 members (excludes halogenated alkanes) is 20. The minimum Gasteiger partial charge on any atom is -0.462 e. The van der Waals surface area contributed by atoms with Gasteiger partial charge in [-0.25, -0.2) is 0 Å². The highest BCUT2D eigenvalue weighted by molar-refractivity contribution is 8.00. The zero-order valence-electron chi connectivity index (χ0n) is 28.6. The van der Waals surface area contributed by atoms with Gasteiger partial charge in [-0.1, -0.05) is 142 Å². The maximum atomic E-state index is 12.7. The summed E-state index contributed by atoms with van der Waals surface area (Å²) in [4.78, 5) is 40.0. The lowest BCUT2D eigenvalue weighted by Gasteiger charge is -2.12. The first-order valence-electron chi connectivity index (χ1n) is 18.4. The van der Waals surface area contributed by atoms with Crippen LogP contribution in [-0.4, -0.2) is 34.7 Å². The average Bonchev–Trinajstić information content (AvgIpc) is 3.50. The van der Waals surface area contributed by atoms with Crippen LogP contribution in [0.3, 0.4) is 0 Å². The number of carbonyl (C=O) groups is 2. The largest absolute Gasteiger partial charge is 0.499 e. The van der Waals surface area contributed by atoms with E-state index in [1.54, 1.807) is 12.3 Å². The van der Waals surface area contributed by atoms with Gasteiger partial charge in [-0.15, -0.1) is 11.8 Å². The van der Waals surface area contributed by atoms with E-state index in [1.807, 2.05) is 0 Å². The Morgan fingerprint density at radius 1 is 0.800 bits per heavy atom. The predicted molar refractivity (Wildman–Crippen MR) is 185 cm³/mol. The third-order valence-corrected chi connectivity index (χ3v) is 9.66. The third kappa shape index (κ3) is 19.4. The maximum Gasteiger partial charge on any atom is 0.499 e. The number of nitrogens with zero attached hydrogens (tertiary/aromatic N) is 1. The molecule has 0 unspecified atom stereocenters. The van der Waals surface area contributed by atoms with Crippen molar-refractivity contribution in [3.05, 3.63) is 22.7 Å². The van der Waals surface area contributed by atoms with E-state index in [0.29, 0.717) is 24.4 Å². The van der Waals surface area contributed by atoms with Crippen molar-refractivity contribution in [3.8, 4) is 0 Å². The molecule has 2 heterocycles. The molecule has 2 rings (SSSR count). The zero-order chi connectivity index (χ0) is 32.4. The summed E-state index contributed by atoms with van der Waals surface area (Å²) in [6.07, 6.45) is 29.5. The van der Waals surface area contributed by atoms with Crippen molar-refractivity contribution in [1.29, 1.82) is 0 Å². The second kappa shape index (κ2) is 26.2. The van der Waals surface area contributed by atoms with Crippen LogP contribution in [-0.2, 0) is 19.1 Å². The van der Waals surface area contributed by atoms with Crippen molar-refractivity contribution in [2.45, 2.75) is 180 Å². The van der Waals surface area contributed by atoms with E-state index in [1.165, 1.54) is 132 Å². The molecule has 1 aliphatic heterocycles. The first kappa shape index (κ1) is 39.3. The summed E-state index contributed by atoms with van der Waals surface area (Å²) in [6, 6.07) is 1.69. The molecule has 1 aromatic rings. The lowest BCUT2D eigenvalue weighted by atomic mass is 10.1. The van der Waals surface area contributed by atoms with Crippen LogP contribution in [0, 0.1) is 0 Å². The Kier molecular flexibility index (Phi) is 22.9. The van der Waals surface area contributed by atoms with Gasteiger partial charge in [-0.05, 0) is 12.8 Å². The number of carbonyl (C=O) groups excluding carboxylic acids is 2. The van der Waals surface area contributed by atoms with E-state index >= 15 is 0 Å². The molecule has 0 radical (unpaired) electrons. The second-order valence-corrected chi connectivity index (χ2v) is 13.9. The van der Waals surface area contributed by atoms with Gasteiger partial charge in [0, 0.05) is 18.9 Å². The number of aromatic amines is 1. The van der Waals surface area contributed by atoms with Gasteiger partial charge in [-0.2, -0.15) is 14.3 Å². The lowest BCUT2D eigenvalue weighted by Crippen LogP contribution is -2.55. The minimum atomic E-state index is -0.449. The molecule has 0 aromatic carbocycles. The molecule has 1 saturated heterocycles. The van der Waals surface area contributed by atoms with Crippen molar-refractivity contribution < 1.29 is 23.6 Å². The summed E-state index contributed by atoms with van der Waals surface area (Å²) < 4.78 is 12.9. The zero-order valence-corrected chi connectivity index (χ0v) is 29.4.